The highest BCUT2D eigenvalue weighted by molar-refractivity contribution is 8.76. The second-order valence-electron chi connectivity index (χ2n) is 6.03. The summed E-state index contributed by atoms with van der Waals surface area (Å²) in [7, 11) is 5.07. The smallest absolute Gasteiger partial charge is 0.251 e. The number of likely N-dealkylation sites (N-methyl/N-ethyl adjacent to an activating group) is 1. The van der Waals surface area contributed by atoms with Crippen LogP contribution in [0.1, 0.15) is 30.6 Å². The fraction of sp³-hybridized carbons (Fsp3) is 0.524. The summed E-state index contributed by atoms with van der Waals surface area (Å²) in [6.45, 7) is 6.22. The highest BCUT2D eigenvalue weighted by atomic mass is 33.1. The molecule has 0 spiro atoms. The fourth-order valence-corrected chi connectivity index (χ4v) is 4.39. The molecule has 0 aromatic heterocycles. The monoisotopic (exact) mass is 453 g/mol. The minimum atomic E-state index is -0.186. The fourth-order valence-electron chi connectivity index (χ4n) is 2.07. The van der Waals surface area contributed by atoms with E-state index in [-0.39, 0.29) is 23.9 Å². The van der Waals surface area contributed by atoms with Crippen LogP contribution in [-0.2, 0) is 14.3 Å². The van der Waals surface area contributed by atoms with Crippen LogP contribution in [0.2, 0.25) is 0 Å². The van der Waals surface area contributed by atoms with Crippen molar-refractivity contribution >= 4 is 33.4 Å². The number of rotatable bonds is 15. The van der Waals surface area contributed by atoms with Gasteiger partial charge in [-0.25, -0.2) is 0 Å². The van der Waals surface area contributed by atoms with E-state index in [4.69, 9.17) is 9.47 Å². The minimum absolute atomic E-state index is 0.00230. The SMILES string of the molecule is CC#CCNC(=O)COCCOC(CC)SSc1ccc(C(=O)NCCNC)cc1. The summed E-state index contributed by atoms with van der Waals surface area (Å²) in [5.74, 6) is 5.21. The first-order chi connectivity index (χ1) is 14.6. The minimum Gasteiger partial charge on any atom is -0.369 e. The second kappa shape index (κ2) is 17.0. The molecule has 0 saturated heterocycles. The molecule has 30 heavy (non-hydrogen) atoms. The molecule has 1 rings (SSSR count). The summed E-state index contributed by atoms with van der Waals surface area (Å²) < 4.78 is 11.1. The van der Waals surface area contributed by atoms with E-state index < -0.39 is 0 Å². The zero-order valence-corrected chi connectivity index (χ0v) is 19.4. The van der Waals surface area contributed by atoms with Gasteiger partial charge in [0.1, 0.15) is 12.0 Å². The van der Waals surface area contributed by atoms with E-state index in [2.05, 4.69) is 34.7 Å². The van der Waals surface area contributed by atoms with Crippen molar-refractivity contribution in [1.29, 1.82) is 0 Å². The van der Waals surface area contributed by atoms with Crippen LogP contribution in [-0.4, -0.2) is 63.8 Å². The Morgan fingerprint density at radius 1 is 1.13 bits per heavy atom. The Hall–Kier alpha value is -1.70. The molecule has 2 amide bonds. The van der Waals surface area contributed by atoms with Crippen LogP contribution in [0.15, 0.2) is 29.2 Å². The number of ether oxygens (including phenoxy) is 2. The maximum atomic E-state index is 12.0. The first-order valence-corrected chi connectivity index (χ1v) is 12.0. The normalized spacial score (nSPS) is 11.3. The van der Waals surface area contributed by atoms with Crippen molar-refractivity contribution in [2.24, 2.45) is 0 Å². The van der Waals surface area contributed by atoms with Crippen LogP contribution in [0.4, 0.5) is 0 Å². The van der Waals surface area contributed by atoms with Gasteiger partial charge in [-0.2, -0.15) is 0 Å². The predicted octanol–water partition coefficient (Wildman–Crippen LogP) is 2.28. The summed E-state index contributed by atoms with van der Waals surface area (Å²) in [6.07, 6.45) is 0.847. The van der Waals surface area contributed by atoms with Gasteiger partial charge in [0.15, 0.2) is 0 Å². The quantitative estimate of drug-likeness (QED) is 0.162. The van der Waals surface area contributed by atoms with E-state index in [1.54, 1.807) is 28.5 Å². The zero-order chi connectivity index (χ0) is 22.0. The lowest BCUT2D eigenvalue weighted by molar-refractivity contribution is -0.126. The van der Waals surface area contributed by atoms with Crippen LogP contribution in [0, 0.1) is 11.8 Å². The maximum Gasteiger partial charge on any atom is 0.251 e. The highest BCUT2D eigenvalue weighted by Crippen LogP contribution is 2.36. The molecule has 0 aliphatic heterocycles. The first-order valence-electron chi connectivity index (χ1n) is 9.82. The van der Waals surface area contributed by atoms with Gasteiger partial charge in [0.05, 0.1) is 19.8 Å². The van der Waals surface area contributed by atoms with Crippen molar-refractivity contribution in [3.63, 3.8) is 0 Å². The molecular weight excluding hydrogens is 422 g/mol. The Morgan fingerprint density at radius 3 is 2.57 bits per heavy atom. The average molecular weight is 454 g/mol. The van der Waals surface area contributed by atoms with E-state index >= 15 is 0 Å². The molecule has 0 saturated carbocycles. The molecule has 1 aromatic rings. The van der Waals surface area contributed by atoms with Gasteiger partial charge in [-0.1, -0.05) is 34.4 Å². The van der Waals surface area contributed by atoms with Crippen LogP contribution in [0.5, 0.6) is 0 Å². The van der Waals surface area contributed by atoms with E-state index in [1.165, 1.54) is 0 Å². The van der Waals surface area contributed by atoms with E-state index in [9.17, 15) is 9.59 Å². The lowest BCUT2D eigenvalue weighted by atomic mass is 10.2. The molecule has 7 nitrogen and oxygen atoms in total. The lowest BCUT2D eigenvalue weighted by Gasteiger charge is -2.15. The molecule has 3 N–H and O–H groups in total. The number of nitrogens with one attached hydrogen (secondary N) is 3. The summed E-state index contributed by atoms with van der Waals surface area (Å²) in [4.78, 5) is 24.5. The molecule has 9 heteroatoms. The average Bonchev–Trinajstić information content (AvgIpc) is 2.76. The summed E-state index contributed by atoms with van der Waals surface area (Å²) in [6, 6.07) is 7.51. The Balaban J connectivity index is 2.24. The molecule has 1 unspecified atom stereocenters. The molecule has 0 radical (unpaired) electrons. The zero-order valence-electron chi connectivity index (χ0n) is 17.8. The van der Waals surface area contributed by atoms with Gasteiger partial charge >= 0.3 is 0 Å². The van der Waals surface area contributed by atoms with Gasteiger partial charge in [-0.05, 0) is 44.7 Å². The van der Waals surface area contributed by atoms with Crippen molar-refractivity contribution in [3.05, 3.63) is 29.8 Å². The number of carbonyl (C=O) groups excluding carboxylic acids is 2. The molecule has 0 fully saturated rings. The lowest BCUT2D eigenvalue weighted by Crippen LogP contribution is -2.30. The van der Waals surface area contributed by atoms with Gasteiger partial charge in [-0.3, -0.25) is 9.59 Å². The Bertz CT molecular complexity index is 690. The number of hydrogen-bond donors (Lipinski definition) is 3. The number of hydrogen-bond acceptors (Lipinski definition) is 7. The molecule has 0 aliphatic rings. The third-order valence-corrected chi connectivity index (χ3v) is 6.43. The predicted molar refractivity (Wildman–Crippen MR) is 123 cm³/mol. The van der Waals surface area contributed by atoms with Crippen molar-refractivity contribution in [3.8, 4) is 11.8 Å². The first kappa shape index (κ1) is 26.3. The third kappa shape index (κ3) is 12.1. The number of amides is 2. The van der Waals surface area contributed by atoms with Crippen LogP contribution in [0.3, 0.4) is 0 Å². The van der Waals surface area contributed by atoms with Gasteiger partial charge in [0.25, 0.3) is 5.91 Å². The van der Waals surface area contributed by atoms with Gasteiger partial charge in [-0.15, -0.1) is 5.92 Å². The van der Waals surface area contributed by atoms with Crippen molar-refractivity contribution < 1.29 is 19.1 Å². The van der Waals surface area contributed by atoms with Crippen molar-refractivity contribution in [2.45, 2.75) is 30.6 Å². The molecular formula is C21H31N3O4S2. The molecule has 166 valence electrons. The Kier molecular flexibility index (Phi) is 14.9. The summed E-state index contributed by atoms with van der Waals surface area (Å²) in [5.41, 5.74) is 0.656. The highest BCUT2D eigenvalue weighted by Gasteiger charge is 2.10. The van der Waals surface area contributed by atoms with E-state index in [0.717, 1.165) is 17.9 Å². The molecule has 0 aliphatic carbocycles. The summed E-state index contributed by atoms with van der Waals surface area (Å²) >= 11 is 0. The molecule has 1 atom stereocenters. The maximum absolute atomic E-state index is 12.0. The molecule has 0 bridgehead atoms. The van der Waals surface area contributed by atoms with Crippen LogP contribution >= 0.6 is 21.6 Å². The van der Waals surface area contributed by atoms with Gasteiger partial charge in [0.2, 0.25) is 5.91 Å². The second-order valence-corrected chi connectivity index (χ2v) is 8.46. The topological polar surface area (TPSA) is 88.7 Å². The van der Waals surface area contributed by atoms with Crippen LogP contribution in [0.25, 0.3) is 0 Å². The van der Waals surface area contributed by atoms with Gasteiger partial charge < -0.3 is 25.4 Å². The van der Waals surface area contributed by atoms with Crippen LogP contribution < -0.4 is 16.0 Å². The van der Waals surface area contributed by atoms with Crippen molar-refractivity contribution in [2.75, 3.05) is 46.5 Å². The standard InChI is InChI=1S/C21H31N3O4S2/c1-4-6-11-23-19(25)16-27-14-15-28-20(5-2)30-29-18-9-7-17(8-10-18)21(26)24-13-12-22-3/h7-10,20,22H,5,11-16H2,1-3H3,(H,23,25)(H,24,26). The number of carbonyl (C=O) groups is 2. The van der Waals surface area contributed by atoms with E-state index in [1.807, 2.05) is 31.3 Å². The third-order valence-electron chi connectivity index (χ3n) is 3.68. The molecule has 0 heterocycles. The Labute approximate surface area is 187 Å². The summed E-state index contributed by atoms with van der Waals surface area (Å²) in [5, 5.41) is 8.49. The van der Waals surface area contributed by atoms with Crippen molar-refractivity contribution in [1.82, 2.24) is 16.0 Å². The Morgan fingerprint density at radius 2 is 1.90 bits per heavy atom. The van der Waals surface area contributed by atoms with E-state index in [0.29, 0.717) is 31.9 Å². The molecule has 1 aromatic carbocycles. The largest absolute Gasteiger partial charge is 0.369 e. The van der Waals surface area contributed by atoms with Gasteiger partial charge in [0, 0.05) is 23.5 Å². The number of benzene rings is 1.